The van der Waals surface area contributed by atoms with Gasteiger partial charge in [-0.2, -0.15) is 0 Å². The minimum absolute atomic E-state index is 0.180. The molecular weight excluding hydrogens is 278 g/mol. The molecule has 2 atom stereocenters. The van der Waals surface area contributed by atoms with Gasteiger partial charge in [0.25, 0.3) is 0 Å². The topological polar surface area (TPSA) is 58.8 Å². The average Bonchev–Trinajstić information content (AvgIpc) is 2.68. The number of ether oxygens (including phenoxy) is 1. The fraction of sp³-hybridized carbons (Fsp3) is 0.588. The minimum atomic E-state index is -0.447. The van der Waals surface area contributed by atoms with E-state index in [0.29, 0.717) is 0 Å². The van der Waals surface area contributed by atoms with Gasteiger partial charge < -0.3 is 15.4 Å². The fourth-order valence-electron chi connectivity index (χ4n) is 3.49. The van der Waals surface area contributed by atoms with Crippen LogP contribution in [0.2, 0.25) is 0 Å². The van der Waals surface area contributed by atoms with Gasteiger partial charge in [0.15, 0.2) is 0 Å². The average molecular weight is 303 g/mol. The maximum atomic E-state index is 12.4. The number of fused-ring (bicyclic) bond motifs is 2. The number of para-hydroxylation sites is 2. The third kappa shape index (κ3) is 2.85. The van der Waals surface area contributed by atoms with Gasteiger partial charge >= 0.3 is 6.09 Å². The molecule has 2 aliphatic heterocycles. The van der Waals surface area contributed by atoms with Crippen molar-refractivity contribution in [3.05, 3.63) is 24.3 Å². The lowest BCUT2D eigenvalue weighted by Gasteiger charge is -2.42. The Kier molecular flexibility index (Phi) is 3.67. The molecule has 1 aromatic carbocycles. The zero-order chi connectivity index (χ0) is 15.9. The van der Waals surface area contributed by atoms with E-state index < -0.39 is 5.60 Å². The number of amides is 1. The third-order valence-corrected chi connectivity index (χ3v) is 4.36. The Morgan fingerprint density at radius 1 is 1.18 bits per heavy atom. The van der Waals surface area contributed by atoms with Crippen LogP contribution < -0.4 is 10.6 Å². The molecule has 22 heavy (non-hydrogen) atoms. The summed E-state index contributed by atoms with van der Waals surface area (Å²) < 4.78 is 5.57. The second-order valence-corrected chi connectivity index (χ2v) is 7.24. The molecule has 2 bridgehead atoms. The number of benzene rings is 1. The van der Waals surface area contributed by atoms with Gasteiger partial charge in [-0.1, -0.05) is 12.1 Å². The lowest BCUT2D eigenvalue weighted by Crippen LogP contribution is -2.56. The van der Waals surface area contributed by atoms with Crippen LogP contribution in [0.3, 0.4) is 0 Å². The molecule has 0 radical (unpaired) electrons. The summed E-state index contributed by atoms with van der Waals surface area (Å²) in [5, 5.41) is 0. The first-order valence-electron chi connectivity index (χ1n) is 7.96. The van der Waals surface area contributed by atoms with Gasteiger partial charge in [-0.25, -0.2) is 4.79 Å². The van der Waals surface area contributed by atoms with Crippen molar-refractivity contribution in [3.8, 4) is 0 Å². The molecule has 2 heterocycles. The highest BCUT2D eigenvalue weighted by Gasteiger charge is 2.44. The van der Waals surface area contributed by atoms with Crippen LogP contribution in [-0.4, -0.2) is 41.8 Å². The Balaban J connectivity index is 1.74. The summed E-state index contributed by atoms with van der Waals surface area (Å²) in [7, 11) is 0. The van der Waals surface area contributed by atoms with E-state index in [1.165, 1.54) is 0 Å². The van der Waals surface area contributed by atoms with Crippen LogP contribution >= 0.6 is 0 Å². The first-order chi connectivity index (χ1) is 10.3. The summed E-state index contributed by atoms with van der Waals surface area (Å²) in [6, 6.07) is 8.37. The molecule has 2 N–H and O–H groups in total. The lowest BCUT2D eigenvalue weighted by molar-refractivity contribution is 0.0123. The van der Waals surface area contributed by atoms with Crippen molar-refractivity contribution in [1.29, 1.82) is 0 Å². The van der Waals surface area contributed by atoms with Crippen molar-refractivity contribution < 1.29 is 9.53 Å². The molecule has 5 nitrogen and oxygen atoms in total. The second-order valence-electron chi connectivity index (χ2n) is 7.24. The summed E-state index contributed by atoms with van der Waals surface area (Å²) in [4.78, 5) is 16.7. The number of hydrogen-bond donors (Lipinski definition) is 1. The number of rotatable bonds is 1. The van der Waals surface area contributed by atoms with Crippen LogP contribution in [0, 0.1) is 0 Å². The number of nitrogens with zero attached hydrogens (tertiary/aromatic N) is 2. The van der Waals surface area contributed by atoms with E-state index in [1.807, 2.05) is 43.9 Å². The quantitative estimate of drug-likeness (QED) is 0.811. The standard InChI is InChI=1S/C17H25N3O2/c1-17(2,3)22-16(21)20-12-8-9-13(20)11-19(10-12)15-7-5-4-6-14(15)18/h4-7,12-13H,8-11,18H2,1-3H3. The van der Waals surface area contributed by atoms with Crippen molar-refractivity contribution in [2.24, 2.45) is 0 Å². The summed E-state index contributed by atoms with van der Waals surface area (Å²) in [5.41, 5.74) is 7.52. The number of nitrogen functional groups attached to an aromatic ring is 1. The molecule has 1 aromatic rings. The smallest absolute Gasteiger partial charge is 0.410 e. The largest absolute Gasteiger partial charge is 0.444 e. The first kappa shape index (κ1) is 15.0. The van der Waals surface area contributed by atoms with E-state index in [0.717, 1.165) is 37.3 Å². The first-order valence-corrected chi connectivity index (χ1v) is 7.96. The van der Waals surface area contributed by atoms with E-state index in [-0.39, 0.29) is 18.2 Å². The van der Waals surface area contributed by atoms with Gasteiger partial charge in [0.2, 0.25) is 0 Å². The third-order valence-electron chi connectivity index (χ3n) is 4.36. The highest BCUT2D eigenvalue weighted by atomic mass is 16.6. The molecule has 0 aromatic heterocycles. The maximum absolute atomic E-state index is 12.4. The van der Waals surface area contributed by atoms with E-state index in [9.17, 15) is 4.79 Å². The SMILES string of the molecule is CC(C)(C)OC(=O)N1C2CCC1CN(c1ccccc1N)C2. The molecular formula is C17H25N3O2. The summed E-state index contributed by atoms with van der Waals surface area (Å²) >= 11 is 0. The zero-order valence-electron chi connectivity index (χ0n) is 13.6. The van der Waals surface area contributed by atoms with Gasteiger partial charge in [0.05, 0.1) is 23.5 Å². The monoisotopic (exact) mass is 303 g/mol. The molecule has 2 unspecified atom stereocenters. The number of piperazine rings is 1. The molecule has 0 aliphatic carbocycles. The zero-order valence-corrected chi connectivity index (χ0v) is 13.6. The minimum Gasteiger partial charge on any atom is -0.444 e. The lowest BCUT2D eigenvalue weighted by atomic mass is 10.1. The Labute approximate surface area is 132 Å². The van der Waals surface area contributed by atoms with Crippen molar-refractivity contribution in [3.63, 3.8) is 0 Å². The predicted octanol–water partition coefficient (Wildman–Crippen LogP) is 2.86. The van der Waals surface area contributed by atoms with Crippen LogP contribution in [0.4, 0.5) is 16.2 Å². The van der Waals surface area contributed by atoms with Gasteiger partial charge in [-0.15, -0.1) is 0 Å². The van der Waals surface area contributed by atoms with Gasteiger partial charge in [0, 0.05) is 13.1 Å². The van der Waals surface area contributed by atoms with Crippen LogP contribution in [0.5, 0.6) is 0 Å². The van der Waals surface area contributed by atoms with Crippen LogP contribution in [0.25, 0.3) is 0 Å². The Bertz CT molecular complexity index is 553. The maximum Gasteiger partial charge on any atom is 0.410 e. The van der Waals surface area contributed by atoms with Crippen molar-refractivity contribution in [1.82, 2.24) is 4.90 Å². The van der Waals surface area contributed by atoms with Crippen molar-refractivity contribution in [2.75, 3.05) is 23.7 Å². The highest BCUT2D eigenvalue weighted by molar-refractivity contribution is 5.72. The number of anilines is 2. The Morgan fingerprint density at radius 2 is 1.77 bits per heavy atom. The molecule has 0 saturated carbocycles. The Morgan fingerprint density at radius 3 is 2.32 bits per heavy atom. The van der Waals surface area contributed by atoms with Crippen molar-refractivity contribution >= 4 is 17.5 Å². The van der Waals surface area contributed by atoms with Crippen LogP contribution in [0.15, 0.2) is 24.3 Å². The van der Waals surface area contributed by atoms with E-state index in [1.54, 1.807) is 0 Å². The van der Waals surface area contributed by atoms with Crippen LogP contribution in [-0.2, 0) is 4.74 Å². The summed E-state index contributed by atoms with van der Waals surface area (Å²) in [5.74, 6) is 0. The predicted molar refractivity (Wildman–Crippen MR) is 88.0 cm³/mol. The molecule has 5 heteroatoms. The van der Waals surface area contributed by atoms with Crippen molar-refractivity contribution in [2.45, 2.75) is 51.3 Å². The molecule has 2 saturated heterocycles. The van der Waals surface area contributed by atoms with Crippen LogP contribution in [0.1, 0.15) is 33.6 Å². The van der Waals surface area contributed by atoms with Gasteiger partial charge in [-0.3, -0.25) is 4.90 Å². The molecule has 0 spiro atoms. The van der Waals surface area contributed by atoms with E-state index in [4.69, 9.17) is 10.5 Å². The fourth-order valence-corrected chi connectivity index (χ4v) is 3.49. The molecule has 2 fully saturated rings. The Hall–Kier alpha value is -1.91. The molecule has 3 rings (SSSR count). The normalized spacial score (nSPS) is 24.5. The summed E-state index contributed by atoms with van der Waals surface area (Å²) in [6.07, 6.45) is 1.89. The summed E-state index contributed by atoms with van der Waals surface area (Å²) in [6.45, 7) is 7.38. The number of nitrogens with two attached hydrogens (primary N) is 1. The second kappa shape index (κ2) is 5.38. The van der Waals surface area contributed by atoms with E-state index in [2.05, 4.69) is 11.0 Å². The highest BCUT2D eigenvalue weighted by Crippen LogP contribution is 2.35. The molecule has 1 amide bonds. The number of carbonyl (C=O) groups excluding carboxylic acids is 1. The van der Waals surface area contributed by atoms with E-state index >= 15 is 0 Å². The molecule has 2 aliphatic rings. The van der Waals surface area contributed by atoms with Gasteiger partial charge in [0.1, 0.15) is 5.60 Å². The molecule has 120 valence electrons. The number of hydrogen-bond acceptors (Lipinski definition) is 4. The van der Waals surface area contributed by atoms with Gasteiger partial charge in [-0.05, 0) is 45.7 Å². The number of carbonyl (C=O) groups is 1.